The van der Waals surface area contributed by atoms with E-state index >= 15 is 0 Å². The molecule has 5 aliphatic rings. The topological polar surface area (TPSA) is 3.24 Å². The monoisotopic (exact) mass is 883 g/mol. The third-order valence-electron chi connectivity index (χ3n) is 16.9. The lowest BCUT2D eigenvalue weighted by Crippen LogP contribution is -2.55. The van der Waals surface area contributed by atoms with E-state index < -0.39 is 0 Å². The molecule has 10 aromatic rings. The van der Waals surface area contributed by atoms with Gasteiger partial charge in [-0.3, -0.25) is 0 Å². The second-order valence-electron chi connectivity index (χ2n) is 20.4. The molecule has 0 saturated heterocycles. The van der Waals surface area contributed by atoms with Crippen LogP contribution in [0.1, 0.15) is 43.2 Å². The lowest BCUT2D eigenvalue weighted by molar-refractivity contribution is -0.0399. The fourth-order valence-electron chi connectivity index (χ4n) is 14.2. The molecule has 0 amide bonds. The van der Waals surface area contributed by atoms with Crippen LogP contribution in [0.5, 0.6) is 0 Å². The van der Waals surface area contributed by atoms with Gasteiger partial charge in [-0.25, -0.2) is 0 Å². The molecule has 0 unspecified atom stereocenters. The van der Waals surface area contributed by atoms with E-state index in [9.17, 15) is 0 Å². The Labute approximate surface area is 406 Å². The van der Waals surface area contributed by atoms with Crippen LogP contribution in [0.15, 0.2) is 237 Å². The van der Waals surface area contributed by atoms with Crippen LogP contribution < -0.4 is 4.90 Å². The first kappa shape index (κ1) is 40.3. The first-order valence-corrected chi connectivity index (χ1v) is 25.3. The summed E-state index contributed by atoms with van der Waals surface area (Å²) in [5.74, 6) is 3.16. The maximum Gasteiger partial charge on any atom is 0.0543 e. The third-order valence-corrected chi connectivity index (χ3v) is 16.9. The minimum absolute atomic E-state index is 0.0666. The number of nitrogens with zero attached hydrogens (tertiary/aromatic N) is 1. The van der Waals surface area contributed by atoms with E-state index in [-0.39, 0.29) is 5.41 Å². The Hall–Kier alpha value is -7.74. The molecule has 5 aliphatic carbocycles. The van der Waals surface area contributed by atoms with Crippen LogP contribution in [0.2, 0.25) is 0 Å². The smallest absolute Gasteiger partial charge is 0.0543 e. The molecule has 330 valence electrons. The van der Waals surface area contributed by atoms with Gasteiger partial charge in [0.05, 0.1) is 11.4 Å². The minimum Gasteiger partial charge on any atom is -0.309 e. The molecule has 10 aromatic carbocycles. The number of hydrogen-bond donors (Lipinski definition) is 0. The highest BCUT2D eigenvalue weighted by molar-refractivity contribution is 6.01. The van der Waals surface area contributed by atoms with Gasteiger partial charge < -0.3 is 4.90 Å². The summed E-state index contributed by atoms with van der Waals surface area (Å²) in [5.41, 5.74) is 21.9. The molecule has 0 aromatic heterocycles. The summed E-state index contributed by atoms with van der Waals surface area (Å²) >= 11 is 0. The van der Waals surface area contributed by atoms with Gasteiger partial charge in [-0.15, -0.1) is 0 Å². The van der Waals surface area contributed by atoms with Gasteiger partial charge in [0.15, 0.2) is 0 Å². The molecule has 4 fully saturated rings. The molecule has 4 bridgehead atoms. The summed E-state index contributed by atoms with van der Waals surface area (Å²) in [6, 6.07) is 88.7. The molecule has 0 atom stereocenters. The van der Waals surface area contributed by atoms with Crippen LogP contribution in [0.3, 0.4) is 0 Å². The Morgan fingerprint density at radius 1 is 0.304 bits per heavy atom. The predicted octanol–water partition coefficient (Wildman–Crippen LogP) is 18.4. The molecule has 0 aliphatic heterocycles. The normalized spacial score (nSPS) is 20.5. The zero-order valence-corrected chi connectivity index (χ0v) is 38.8. The van der Waals surface area contributed by atoms with Crippen LogP contribution >= 0.6 is 0 Å². The summed E-state index contributed by atoms with van der Waals surface area (Å²) < 4.78 is 0. The van der Waals surface area contributed by atoms with Gasteiger partial charge in [-0.05, 0) is 164 Å². The van der Waals surface area contributed by atoms with E-state index in [1.165, 1.54) is 121 Å². The molecule has 15 rings (SSSR count). The van der Waals surface area contributed by atoms with E-state index in [1.807, 2.05) is 0 Å². The summed E-state index contributed by atoms with van der Waals surface area (Å²) in [6.45, 7) is 0. The highest BCUT2D eigenvalue weighted by atomic mass is 15.1. The Morgan fingerprint density at radius 3 is 1.48 bits per heavy atom. The first-order valence-electron chi connectivity index (χ1n) is 25.3. The Kier molecular flexibility index (Phi) is 9.48. The fourth-order valence-corrected chi connectivity index (χ4v) is 14.2. The van der Waals surface area contributed by atoms with Crippen molar-refractivity contribution in [3.8, 4) is 66.8 Å². The number of hydrogen-bond acceptors (Lipinski definition) is 1. The standard InChI is InChI=1S/C68H53N/c1-2-16-51(17-3-1)57-19-6-7-20-58(57)59-21-8-9-22-60(59)61-23-11-13-27-65(61)69(56-37-35-49(36-38-56)48-29-31-50(32-30-48)53-34-33-47-15-4-5-18-52(47)44-53)66-28-14-26-64-67(66)62-24-10-12-25-63(62)68(64)54-40-45-39-46(42-54)43-55(68)41-45/h1-38,44-46,54-55H,39-43H2. The summed E-state index contributed by atoms with van der Waals surface area (Å²) in [5, 5.41) is 2.53. The van der Waals surface area contributed by atoms with Crippen molar-refractivity contribution in [1.29, 1.82) is 0 Å². The molecule has 1 heteroatoms. The molecule has 0 heterocycles. The zero-order chi connectivity index (χ0) is 45.5. The number of benzene rings is 10. The highest BCUT2D eigenvalue weighted by Gasteiger charge is 2.62. The number of para-hydroxylation sites is 1. The minimum atomic E-state index is 0.0666. The van der Waals surface area contributed by atoms with Gasteiger partial charge in [0.1, 0.15) is 0 Å². The quantitative estimate of drug-likeness (QED) is 0.147. The lowest BCUT2D eigenvalue weighted by Gasteiger charge is -2.61. The van der Waals surface area contributed by atoms with Crippen LogP contribution in [-0.4, -0.2) is 0 Å². The fraction of sp³-hybridized carbons (Fsp3) is 0.147. The second kappa shape index (κ2) is 16.2. The second-order valence-corrected chi connectivity index (χ2v) is 20.4. The SMILES string of the molecule is c1ccc(-c2ccccc2-c2ccccc2-c2ccccc2N(c2ccc(-c3ccc(-c4ccc5ccccc5c4)cc3)cc2)c2cccc3c2-c2ccccc2C32C3CC4CC(C3)CC2C4)cc1. The average molecular weight is 884 g/mol. The van der Waals surface area contributed by atoms with E-state index in [2.05, 4.69) is 241 Å². The van der Waals surface area contributed by atoms with Crippen molar-refractivity contribution in [2.75, 3.05) is 4.90 Å². The Morgan fingerprint density at radius 2 is 0.783 bits per heavy atom. The van der Waals surface area contributed by atoms with Crippen molar-refractivity contribution >= 4 is 27.8 Å². The van der Waals surface area contributed by atoms with Crippen LogP contribution in [0.4, 0.5) is 17.1 Å². The van der Waals surface area contributed by atoms with E-state index in [0.29, 0.717) is 11.8 Å². The van der Waals surface area contributed by atoms with Crippen molar-refractivity contribution in [2.45, 2.75) is 37.5 Å². The van der Waals surface area contributed by atoms with Crippen molar-refractivity contribution in [3.63, 3.8) is 0 Å². The third kappa shape index (κ3) is 6.44. The average Bonchev–Trinajstić information content (AvgIpc) is 3.72. The lowest BCUT2D eigenvalue weighted by atomic mass is 9.43. The van der Waals surface area contributed by atoms with Crippen molar-refractivity contribution < 1.29 is 0 Å². The summed E-state index contributed by atoms with van der Waals surface area (Å²) in [7, 11) is 0. The van der Waals surface area contributed by atoms with Crippen molar-refractivity contribution in [1.82, 2.24) is 0 Å². The van der Waals surface area contributed by atoms with Gasteiger partial charge in [0.25, 0.3) is 0 Å². The van der Waals surface area contributed by atoms with Gasteiger partial charge in [0, 0.05) is 22.2 Å². The molecule has 0 radical (unpaired) electrons. The van der Waals surface area contributed by atoms with E-state index in [0.717, 1.165) is 17.5 Å². The van der Waals surface area contributed by atoms with Gasteiger partial charge in [-0.2, -0.15) is 0 Å². The number of fused-ring (bicyclic) bond motifs is 4. The number of rotatable bonds is 8. The Balaban J connectivity index is 0.936. The van der Waals surface area contributed by atoms with Gasteiger partial charge >= 0.3 is 0 Å². The molecule has 1 spiro atoms. The molecular formula is C68H53N. The van der Waals surface area contributed by atoms with Gasteiger partial charge in [-0.1, -0.05) is 206 Å². The molecule has 0 N–H and O–H groups in total. The van der Waals surface area contributed by atoms with E-state index in [4.69, 9.17) is 0 Å². The summed E-state index contributed by atoms with van der Waals surface area (Å²) in [6.07, 6.45) is 6.91. The first-order chi connectivity index (χ1) is 34.2. The van der Waals surface area contributed by atoms with Crippen molar-refractivity contribution in [2.24, 2.45) is 23.7 Å². The van der Waals surface area contributed by atoms with Gasteiger partial charge in [0.2, 0.25) is 0 Å². The summed E-state index contributed by atoms with van der Waals surface area (Å²) in [4.78, 5) is 2.60. The van der Waals surface area contributed by atoms with Crippen LogP contribution in [0, 0.1) is 23.7 Å². The van der Waals surface area contributed by atoms with Crippen LogP contribution in [-0.2, 0) is 5.41 Å². The zero-order valence-electron chi connectivity index (χ0n) is 38.8. The molecule has 1 nitrogen and oxygen atoms in total. The maximum absolute atomic E-state index is 2.60. The predicted molar refractivity (Wildman–Crippen MR) is 289 cm³/mol. The Bertz CT molecular complexity index is 3530. The van der Waals surface area contributed by atoms with Crippen LogP contribution in [0.25, 0.3) is 77.5 Å². The maximum atomic E-state index is 2.60. The van der Waals surface area contributed by atoms with E-state index in [1.54, 1.807) is 11.1 Å². The van der Waals surface area contributed by atoms with Crippen molar-refractivity contribution in [3.05, 3.63) is 248 Å². The highest BCUT2D eigenvalue weighted by Crippen LogP contribution is 2.70. The molecule has 69 heavy (non-hydrogen) atoms. The number of anilines is 3. The largest absolute Gasteiger partial charge is 0.309 e. The molecular weight excluding hydrogens is 831 g/mol. The molecule has 4 saturated carbocycles.